The minimum Gasteiger partial charge on any atom is -0.490 e. The molecule has 0 aliphatic rings. The Kier molecular flexibility index (Phi) is 8.40. The molecule has 0 bridgehead atoms. The number of nitrogens with zero attached hydrogens (tertiary/aromatic N) is 1. The molecule has 34 heavy (non-hydrogen) atoms. The van der Waals surface area contributed by atoms with E-state index in [1.807, 2.05) is 70.2 Å². The van der Waals surface area contributed by atoms with Crippen LogP contribution in [0.1, 0.15) is 34.7 Å². The largest absolute Gasteiger partial charge is 0.490 e. The molecule has 0 saturated heterocycles. The summed E-state index contributed by atoms with van der Waals surface area (Å²) in [5.41, 5.74) is 7.61. The van der Waals surface area contributed by atoms with Gasteiger partial charge in [-0.1, -0.05) is 42.0 Å². The van der Waals surface area contributed by atoms with Gasteiger partial charge < -0.3 is 14.8 Å². The summed E-state index contributed by atoms with van der Waals surface area (Å²) in [6.45, 7) is 8.58. The Morgan fingerprint density at radius 3 is 2.32 bits per heavy atom. The van der Waals surface area contributed by atoms with Crippen LogP contribution in [0.25, 0.3) is 0 Å². The molecule has 0 radical (unpaired) electrons. The lowest BCUT2D eigenvalue weighted by Gasteiger charge is -2.13. The van der Waals surface area contributed by atoms with Gasteiger partial charge in [-0.3, -0.25) is 9.59 Å². The van der Waals surface area contributed by atoms with Crippen LogP contribution in [0, 0.1) is 20.8 Å². The van der Waals surface area contributed by atoms with Gasteiger partial charge in [-0.05, 0) is 74.2 Å². The van der Waals surface area contributed by atoms with Crippen LogP contribution in [-0.2, 0) is 16.2 Å². The van der Waals surface area contributed by atoms with Crippen LogP contribution in [0.5, 0.6) is 11.5 Å². The summed E-state index contributed by atoms with van der Waals surface area (Å²) in [5.74, 6) is -0.477. The molecule has 176 valence electrons. The second-order valence-corrected chi connectivity index (χ2v) is 7.89. The molecule has 0 aliphatic heterocycles. The monoisotopic (exact) mass is 459 g/mol. The first-order chi connectivity index (χ1) is 16.4. The molecule has 2 amide bonds. The number of hydrazone groups is 1. The molecular weight excluding hydrogens is 430 g/mol. The van der Waals surface area contributed by atoms with Gasteiger partial charge in [0.05, 0.1) is 12.8 Å². The van der Waals surface area contributed by atoms with E-state index in [2.05, 4.69) is 15.8 Å². The van der Waals surface area contributed by atoms with Crippen molar-refractivity contribution in [2.24, 2.45) is 5.10 Å². The second kappa shape index (κ2) is 11.7. The van der Waals surface area contributed by atoms with E-state index in [1.165, 1.54) is 11.8 Å². The van der Waals surface area contributed by atoms with Crippen LogP contribution < -0.4 is 20.2 Å². The summed E-state index contributed by atoms with van der Waals surface area (Å²) in [6, 6.07) is 19.1. The summed E-state index contributed by atoms with van der Waals surface area (Å²) in [4.78, 5) is 24.3. The number of nitrogens with one attached hydrogen (secondary N) is 2. The van der Waals surface area contributed by atoms with Crippen molar-refractivity contribution in [3.63, 3.8) is 0 Å². The zero-order chi connectivity index (χ0) is 24.5. The van der Waals surface area contributed by atoms with Gasteiger partial charge in [-0.25, -0.2) is 5.43 Å². The predicted octanol–water partition coefficient (Wildman–Crippen LogP) is 4.68. The number of hydrogen-bond acceptors (Lipinski definition) is 5. The van der Waals surface area contributed by atoms with Crippen molar-refractivity contribution in [2.45, 2.75) is 34.3 Å². The van der Waals surface area contributed by atoms with Gasteiger partial charge in [0.1, 0.15) is 6.61 Å². The summed E-state index contributed by atoms with van der Waals surface area (Å²) >= 11 is 0. The van der Waals surface area contributed by atoms with E-state index < -0.39 is 11.8 Å². The third-order valence-electron chi connectivity index (χ3n) is 5.01. The Balaban J connectivity index is 1.60. The maximum Gasteiger partial charge on any atom is 0.329 e. The molecule has 0 aliphatic carbocycles. The van der Waals surface area contributed by atoms with Crippen molar-refractivity contribution >= 4 is 23.7 Å². The van der Waals surface area contributed by atoms with E-state index in [0.717, 1.165) is 16.7 Å². The lowest BCUT2D eigenvalue weighted by molar-refractivity contribution is -0.136. The highest BCUT2D eigenvalue weighted by Crippen LogP contribution is 2.29. The van der Waals surface area contributed by atoms with Gasteiger partial charge in [0.15, 0.2) is 11.5 Å². The second-order valence-electron chi connectivity index (χ2n) is 7.89. The van der Waals surface area contributed by atoms with Gasteiger partial charge in [0.2, 0.25) is 0 Å². The number of hydrogen-bond donors (Lipinski definition) is 2. The number of ether oxygens (including phenoxy) is 2. The SMILES string of the molecule is CCOc1cc(/C=N/NC(=O)C(=O)Nc2cc(C)ccc2C)ccc1OCc1ccc(C)cc1. The molecular formula is C27H29N3O4. The molecule has 0 unspecified atom stereocenters. The molecule has 3 rings (SSSR count). The van der Waals surface area contributed by atoms with Gasteiger partial charge in [-0.2, -0.15) is 5.10 Å². The topological polar surface area (TPSA) is 89.0 Å². The minimum absolute atomic E-state index is 0.416. The minimum atomic E-state index is -0.861. The standard InChI is InChI=1S/C27H29N3O4/c1-5-33-25-15-22(12-13-24(25)34-17-21-10-7-18(2)8-11-21)16-28-30-27(32)26(31)29-23-14-19(3)6-9-20(23)4/h6-16H,5,17H2,1-4H3,(H,29,31)(H,30,32)/b28-16+. The van der Waals surface area contributed by atoms with Crippen molar-refractivity contribution in [3.05, 3.63) is 88.5 Å². The van der Waals surface area contributed by atoms with Crippen molar-refractivity contribution in [1.82, 2.24) is 5.43 Å². The fourth-order valence-corrected chi connectivity index (χ4v) is 3.10. The molecule has 0 heterocycles. The number of rotatable bonds is 8. The predicted molar refractivity (Wildman–Crippen MR) is 133 cm³/mol. The number of carbonyl (C=O) groups is 2. The molecule has 7 nitrogen and oxygen atoms in total. The highest BCUT2D eigenvalue weighted by molar-refractivity contribution is 6.39. The third kappa shape index (κ3) is 6.93. The van der Waals surface area contributed by atoms with Crippen LogP contribution >= 0.6 is 0 Å². The average molecular weight is 460 g/mol. The summed E-state index contributed by atoms with van der Waals surface area (Å²) in [6.07, 6.45) is 1.44. The van der Waals surface area contributed by atoms with Crippen LogP contribution in [-0.4, -0.2) is 24.6 Å². The van der Waals surface area contributed by atoms with Crippen LogP contribution in [0.4, 0.5) is 5.69 Å². The first kappa shape index (κ1) is 24.5. The first-order valence-corrected chi connectivity index (χ1v) is 11.0. The van der Waals surface area contributed by atoms with Crippen LogP contribution in [0.2, 0.25) is 0 Å². The number of benzene rings is 3. The van der Waals surface area contributed by atoms with Crippen molar-refractivity contribution in [3.8, 4) is 11.5 Å². The Labute approximate surface area is 199 Å². The quantitative estimate of drug-likeness (QED) is 0.291. The Morgan fingerprint density at radius 1 is 0.853 bits per heavy atom. The summed E-state index contributed by atoms with van der Waals surface area (Å²) < 4.78 is 11.6. The Bertz CT molecular complexity index is 1190. The highest BCUT2D eigenvalue weighted by atomic mass is 16.5. The van der Waals surface area contributed by atoms with Gasteiger partial charge in [0, 0.05) is 5.69 Å². The number of carbonyl (C=O) groups excluding carboxylic acids is 2. The first-order valence-electron chi connectivity index (χ1n) is 11.0. The average Bonchev–Trinajstić information content (AvgIpc) is 2.82. The fourth-order valence-electron chi connectivity index (χ4n) is 3.10. The molecule has 3 aromatic carbocycles. The van der Waals surface area contributed by atoms with Gasteiger partial charge in [0.25, 0.3) is 0 Å². The molecule has 3 aromatic rings. The van der Waals surface area contributed by atoms with Gasteiger partial charge >= 0.3 is 11.8 Å². The lowest BCUT2D eigenvalue weighted by atomic mass is 10.1. The molecule has 0 aromatic heterocycles. The number of amides is 2. The molecule has 0 fully saturated rings. The summed E-state index contributed by atoms with van der Waals surface area (Å²) in [5, 5.41) is 6.50. The van der Waals surface area contributed by atoms with Crippen LogP contribution in [0.15, 0.2) is 65.8 Å². The maximum absolute atomic E-state index is 12.2. The molecule has 0 saturated carbocycles. The van der Waals surface area contributed by atoms with Crippen molar-refractivity contribution in [2.75, 3.05) is 11.9 Å². The van der Waals surface area contributed by atoms with Crippen molar-refractivity contribution in [1.29, 1.82) is 0 Å². The lowest BCUT2D eigenvalue weighted by Crippen LogP contribution is -2.32. The Morgan fingerprint density at radius 2 is 1.59 bits per heavy atom. The molecule has 0 spiro atoms. The van der Waals surface area contributed by atoms with Gasteiger partial charge in [-0.15, -0.1) is 0 Å². The summed E-state index contributed by atoms with van der Waals surface area (Å²) in [7, 11) is 0. The van der Waals surface area contributed by atoms with E-state index in [0.29, 0.717) is 36.0 Å². The smallest absolute Gasteiger partial charge is 0.329 e. The maximum atomic E-state index is 12.2. The zero-order valence-electron chi connectivity index (χ0n) is 19.8. The van der Waals surface area contributed by atoms with E-state index in [1.54, 1.807) is 18.2 Å². The molecule has 2 N–H and O–H groups in total. The number of aryl methyl sites for hydroxylation is 3. The van der Waals surface area contributed by atoms with Crippen molar-refractivity contribution < 1.29 is 19.1 Å². The third-order valence-corrected chi connectivity index (χ3v) is 5.01. The molecule has 7 heteroatoms. The Hall–Kier alpha value is -4.13. The van der Waals surface area contributed by atoms with E-state index in [-0.39, 0.29) is 0 Å². The van der Waals surface area contributed by atoms with E-state index in [4.69, 9.17) is 9.47 Å². The van der Waals surface area contributed by atoms with Crippen LogP contribution in [0.3, 0.4) is 0 Å². The fraction of sp³-hybridized carbons (Fsp3) is 0.222. The normalized spacial score (nSPS) is 10.7. The highest BCUT2D eigenvalue weighted by Gasteiger charge is 2.14. The van der Waals surface area contributed by atoms with E-state index >= 15 is 0 Å². The molecule has 0 atom stereocenters. The zero-order valence-corrected chi connectivity index (χ0v) is 19.8. The number of anilines is 1. The van der Waals surface area contributed by atoms with E-state index in [9.17, 15) is 9.59 Å².